The fraction of sp³-hybridized carbons (Fsp3) is 0.375. The quantitative estimate of drug-likeness (QED) is 0.720. The van der Waals surface area contributed by atoms with Gasteiger partial charge in [-0.1, -0.05) is 15.9 Å². The molecule has 0 amide bonds. The van der Waals surface area contributed by atoms with E-state index in [1.54, 1.807) is 0 Å². The van der Waals surface area contributed by atoms with Gasteiger partial charge in [-0.05, 0) is 67.0 Å². The molecule has 0 radical (unpaired) electrons. The van der Waals surface area contributed by atoms with Gasteiger partial charge in [-0.25, -0.2) is 0 Å². The van der Waals surface area contributed by atoms with Crippen LogP contribution in [-0.4, -0.2) is 5.54 Å². The van der Waals surface area contributed by atoms with Crippen LogP contribution in [0.25, 0.3) is 0 Å². The summed E-state index contributed by atoms with van der Waals surface area (Å²) in [5, 5.41) is 3.39. The summed E-state index contributed by atoms with van der Waals surface area (Å²) in [7, 11) is 0. The average molecular weight is 417 g/mol. The van der Waals surface area contributed by atoms with E-state index in [0.29, 0.717) is 13.2 Å². The minimum Gasteiger partial charge on any atom is -0.484 e. The maximum absolute atomic E-state index is 5.75. The molecule has 1 aromatic carbocycles. The summed E-state index contributed by atoms with van der Waals surface area (Å²) >= 11 is 6.89. The lowest BCUT2D eigenvalue weighted by Gasteiger charge is -2.19. The fourth-order valence-electron chi connectivity index (χ4n) is 1.69. The van der Waals surface area contributed by atoms with Crippen LogP contribution in [0.15, 0.2) is 43.7 Å². The fourth-order valence-corrected chi connectivity index (χ4v) is 2.85. The van der Waals surface area contributed by atoms with Crippen molar-refractivity contribution < 1.29 is 9.15 Å². The molecule has 3 nitrogen and oxygen atoms in total. The van der Waals surface area contributed by atoms with Crippen molar-refractivity contribution in [2.45, 2.75) is 39.5 Å². The highest BCUT2D eigenvalue weighted by Crippen LogP contribution is 2.29. The van der Waals surface area contributed by atoms with E-state index in [1.165, 1.54) is 0 Å². The van der Waals surface area contributed by atoms with Gasteiger partial charge in [0, 0.05) is 10.0 Å². The molecule has 1 aromatic heterocycles. The summed E-state index contributed by atoms with van der Waals surface area (Å²) < 4.78 is 13.4. The van der Waals surface area contributed by atoms with Crippen molar-refractivity contribution in [2.24, 2.45) is 0 Å². The summed E-state index contributed by atoms with van der Waals surface area (Å²) in [6, 6.07) is 9.75. The van der Waals surface area contributed by atoms with E-state index in [4.69, 9.17) is 9.15 Å². The van der Waals surface area contributed by atoms with E-state index < -0.39 is 0 Å². The van der Waals surface area contributed by atoms with Crippen LogP contribution in [0.2, 0.25) is 0 Å². The van der Waals surface area contributed by atoms with Gasteiger partial charge in [0.05, 0.1) is 11.0 Å². The molecule has 0 saturated heterocycles. The minimum absolute atomic E-state index is 0.0751. The highest BCUT2D eigenvalue weighted by atomic mass is 79.9. The first-order valence-electron chi connectivity index (χ1n) is 6.74. The molecule has 0 fully saturated rings. The van der Waals surface area contributed by atoms with E-state index in [2.05, 4.69) is 57.9 Å². The van der Waals surface area contributed by atoms with Crippen LogP contribution in [0.4, 0.5) is 0 Å². The summed E-state index contributed by atoms with van der Waals surface area (Å²) in [5.41, 5.74) is 0.0751. The largest absolute Gasteiger partial charge is 0.484 e. The molecule has 2 rings (SSSR count). The molecule has 1 heterocycles. The van der Waals surface area contributed by atoms with Crippen molar-refractivity contribution in [3.63, 3.8) is 0 Å². The van der Waals surface area contributed by atoms with Crippen molar-refractivity contribution in [3.05, 3.63) is 50.8 Å². The maximum Gasteiger partial charge on any atom is 0.146 e. The van der Waals surface area contributed by atoms with E-state index in [-0.39, 0.29) is 5.54 Å². The molecular formula is C16H19Br2NO2. The Morgan fingerprint density at radius 2 is 1.81 bits per heavy atom. The van der Waals surface area contributed by atoms with Gasteiger partial charge in [-0.15, -0.1) is 0 Å². The first kappa shape index (κ1) is 16.6. The van der Waals surface area contributed by atoms with Crippen LogP contribution in [0.1, 0.15) is 32.3 Å². The number of benzene rings is 1. The lowest BCUT2D eigenvalue weighted by Crippen LogP contribution is -2.34. The number of rotatable bonds is 5. The molecule has 0 unspecified atom stereocenters. The van der Waals surface area contributed by atoms with Crippen LogP contribution in [0.5, 0.6) is 5.75 Å². The highest BCUT2D eigenvalue weighted by Gasteiger charge is 2.11. The van der Waals surface area contributed by atoms with Crippen LogP contribution in [0.3, 0.4) is 0 Å². The van der Waals surface area contributed by atoms with Crippen LogP contribution in [-0.2, 0) is 13.2 Å². The summed E-state index contributed by atoms with van der Waals surface area (Å²) in [6.45, 7) is 7.52. The molecule has 5 heteroatoms. The van der Waals surface area contributed by atoms with E-state index >= 15 is 0 Å². The Morgan fingerprint density at radius 3 is 2.48 bits per heavy atom. The van der Waals surface area contributed by atoms with Crippen molar-refractivity contribution in [3.8, 4) is 5.75 Å². The second-order valence-electron chi connectivity index (χ2n) is 5.83. The Kier molecular flexibility index (Phi) is 5.52. The third kappa shape index (κ3) is 5.49. The van der Waals surface area contributed by atoms with Crippen molar-refractivity contribution in [1.82, 2.24) is 5.32 Å². The van der Waals surface area contributed by atoms with Crippen molar-refractivity contribution >= 4 is 31.9 Å². The average Bonchev–Trinajstić information content (AvgIpc) is 2.82. The molecule has 2 aromatic rings. The Bertz CT molecular complexity index is 603. The number of furan rings is 1. The van der Waals surface area contributed by atoms with Gasteiger partial charge in [-0.2, -0.15) is 0 Å². The number of hydrogen-bond acceptors (Lipinski definition) is 3. The van der Waals surface area contributed by atoms with Gasteiger partial charge in [0.15, 0.2) is 0 Å². The second-order valence-corrected chi connectivity index (χ2v) is 7.61. The highest BCUT2D eigenvalue weighted by molar-refractivity contribution is 9.11. The predicted octanol–water partition coefficient (Wildman–Crippen LogP) is 5.27. The van der Waals surface area contributed by atoms with Gasteiger partial charge in [-0.3, -0.25) is 0 Å². The lowest BCUT2D eigenvalue weighted by molar-refractivity contribution is 0.261. The number of nitrogens with one attached hydrogen (secondary N) is 1. The molecule has 0 atom stereocenters. The third-order valence-electron chi connectivity index (χ3n) is 2.77. The Morgan fingerprint density at radius 1 is 1.10 bits per heavy atom. The topological polar surface area (TPSA) is 34.4 Å². The maximum atomic E-state index is 5.75. The zero-order valence-electron chi connectivity index (χ0n) is 12.4. The first-order valence-corrected chi connectivity index (χ1v) is 8.32. The van der Waals surface area contributed by atoms with E-state index in [0.717, 1.165) is 26.2 Å². The Balaban J connectivity index is 1.90. The van der Waals surface area contributed by atoms with Crippen molar-refractivity contribution in [2.75, 3.05) is 0 Å². The van der Waals surface area contributed by atoms with Crippen LogP contribution < -0.4 is 10.1 Å². The van der Waals surface area contributed by atoms with Crippen molar-refractivity contribution in [1.29, 1.82) is 0 Å². The van der Waals surface area contributed by atoms with E-state index in [1.807, 2.05) is 30.3 Å². The summed E-state index contributed by atoms with van der Waals surface area (Å²) in [6.07, 6.45) is 0. The molecule has 21 heavy (non-hydrogen) atoms. The van der Waals surface area contributed by atoms with Gasteiger partial charge < -0.3 is 14.5 Å². The van der Waals surface area contributed by atoms with Crippen LogP contribution in [0, 0.1) is 0 Å². The van der Waals surface area contributed by atoms with Gasteiger partial charge in [0.2, 0.25) is 0 Å². The zero-order valence-corrected chi connectivity index (χ0v) is 15.5. The van der Waals surface area contributed by atoms with Gasteiger partial charge in [0.25, 0.3) is 0 Å². The molecule has 0 spiro atoms. The third-order valence-corrected chi connectivity index (χ3v) is 3.89. The van der Waals surface area contributed by atoms with E-state index in [9.17, 15) is 0 Å². The SMILES string of the molecule is CC(C)(C)NCc1ccc(COc2ccc(Br)cc2Br)o1. The smallest absolute Gasteiger partial charge is 0.146 e. The first-order chi connectivity index (χ1) is 9.83. The molecule has 0 aliphatic rings. The zero-order chi connectivity index (χ0) is 15.5. The molecule has 0 aliphatic carbocycles. The Hall–Kier alpha value is -0.780. The molecule has 1 N–H and O–H groups in total. The predicted molar refractivity (Wildman–Crippen MR) is 91.5 cm³/mol. The number of hydrogen-bond donors (Lipinski definition) is 1. The molecule has 0 bridgehead atoms. The molecule has 114 valence electrons. The van der Waals surface area contributed by atoms with Crippen LogP contribution >= 0.6 is 31.9 Å². The summed E-state index contributed by atoms with van der Waals surface area (Å²) in [5.74, 6) is 2.53. The molecular weight excluding hydrogens is 398 g/mol. The lowest BCUT2D eigenvalue weighted by atomic mass is 10.1. The Labute approximate surface area is 142 Å². The molecule has 0 saturated carbocycles. The standard InChI is InChI=1S/C16H19Br2NO2/c1-16(2,3)19-9-12-5-6-13(21-12)10-20-15-7-4-11(17)8-14(15)18/h4-8,19H,9-10H2,1-3H3. The number of halogens is 2. The van der Waals surface area contributed by atoms with Gasteiger partial charge >= 0.3 is 0 Å². The monoisotopic (exact) mass is 415 g/mol. The number of ether oxygens (including phenoxy) is 1. The van der Waals surface area contributed by atoms with Gasteiger partial charge in [0.1, 0.15) is 23.9 Å². The normalized spacial score (nSPS) is 11.7. The summed E-state index contributed by atoms with van der Waals surface area (Å²) in [4.78, 5) is 0. The second kappa shape index (κ2) is 6.99. The minimum atomic E-state index is 0.0751. The molecule has 0 aliphatic heterocycles.